The molecule has 0 aliphatic carbocycles. The molecular formula is C19H26N4O3. The summed E-state index contributed by atoms with van der Waals surface area (Å²) >= 11 is 0. The lowest BCUT2D eigenvalue weighted by molar-refractivity contribution is -0.145. The molecule has 0 spiro atoms. The Hall–Kier alpha value is -3.01. The maximum absolute atomic E-state index is 12.3. The van der Waals surface area contributed by atoms with Gasteiger partial charge in [-0.15, -0.1) is 12.3 Å². The quantitative estimate of drug-likeness (QED) is 0.207. The number of nitrogens with two attached hydrogens (primary N) is 1. The van der Waals surface area contributed by atoms with Crippen LogP contribution in [0.1, 0.15) is 50.3 Å². The summed E-state index contributed by atoms with van der Waals surface area (Å²) in [5.74, 6) is 6.97. The van der Waals surface area contributed by atoms with Crippen LogP contribution in [0.25, 0.3) is 0 Å². The number of nitrogens with one attached hydrogen (secondary N) is 2. The Balaban J connectivity index is 2.80. The third-order valence-electron chi connectivity index (χ3n) is 3.64. The molecule has 0 fully saturated rings. The molecule has 4 N–H and O–H groups in total. The van der Waals surface area contributed by atoms with E-state index in [1.165, 1.54) is 0 Å². The highest BCUT2D eigenvalue weighted by Gasteiger charge is 2.22. The van der Waals surface area contributed by atoms with E-state index in [1.54, 1.807) is 13.1 Å². The number of terminal acetylenes is 1. The molecule has 0 heterocycles. The third-order valence-corrected chi connectivity index (χ3v) is 3.64. The van der Waals surface area contributed by atoms with Gasteiger partial charge < -0.3 is 21.2 Å². The molecule has 7 nitrogen and oxygen atoms in total. The number of hydrogen-bond acceptors (Lipinski definition) is 5. The van der Waals surface area contributed by atoms with Crippen molar-refractivity contribution in [2.24, 2.45) is 10.9 Å². The molecule has 2 atom stereocenters. The van der Waals surface area contributed by atoms with Crippen LogP contribution in [-0.4, -0.2) is 30.9 Å². The number of esters is 1. The monoisotopic (exact) mass is 358 g/mol. The second-order valence-corrected chi connectivity index (χ2v) is 5.62. The topological polar surface area (TPSA) is 106 Å². The van der Waals surface area contributed by atoms with Crippen molar-refractivity contribution in [3.8, 4) is 12.3 Å². The van der Waals surface area contributed by atoms with Gasteiger partial charge in [0.1, 0.15) is 6.04 Å². The van der Waals surface area contributed by atoms with Gasteiger partial charge in [0.15, 0.2) is 0 Å². The van der Waals surface area contributed by atoms with E-state index in [0.29, 0.717) is 0 Å². The number of carbonyl (C=O) groups excluding carboxylic acids is 2. The van der Waals surface area contributed by atoms with E-state index in [1.807, 2.05) is 31.2 Å². The predicted octanol–water partition coefficient (Wildman–Crippen LogP) is 2.07. The molecule has 1 aromatic rings. The Kier molecular flexibility index (Phi) is 9.33. The molecule has 2 unspecified atom stereocenters. The molecule has 0 radical (unpaired) electrons. The van der Waals surface area contributed by atoms with Gasteiger partial charge in [0.05, 0.1) is 18.9 Å². The maximum Gasteiger partial charge on any atom is 0.329 e. The van der Waals surface area contributed by atoms with Crippen molar-refractivity contribution in [3.63, 3.8) is 0 Å². The summed E-state index contributed by atoms with van der Waals surface area (Å²) in [6.07, 6.45) is 8.50. The Morgan fingerprint density at radius 1 is 1.31 bits per heavy atom. The summed E-state index contributed by atoms with van der Waals surface area (Å²) in [6.45, 7) is 3.95. The number of nitrogens with zero attached hydrogens (tertiary/aromatic N) is 1. The highest BCUT2D eigenvalue weighted by atomic mass is 16.5. The Bertz CT molecular complexity index is 650. The summed E-state index contributed by atoms with van der Waals surface area (Å²) in [4.78, 5) is 24.2. The summed E-state index contributed by atoms with van der Waals surface area (Å²) in [5.41, 5.74) is 1.81. The van der Waals surface area contributed by atoms with E-state index >= 15 is 0 Å². The zero-order valence-electron chi connectivity index (χ0n) is 15.2. The molecule has 0 aliphatic heterocycles. The van der Waals surface area contributed by atoms with Gasteiger partial charge >= 0.3 is 12.0 Å². The van der Waals surface area contributed by atoms with E-state index in [9.17, 15) is 9.59 Å². The van der Waals surface area contributed by atoms with Gasteiger partial charge in [-0.2, -0.15) is 5.10 Å². The van der Waals surface area contributed by atoms with Gasteiger partial charge in [-0.05, 0) is 24.5 Å². The number of rotatable bonds is 9. The fourth-order valence-corrected chi connectivity index (χ4v) is 2.42. The zero-order chi connectivity index (χ0) is 19.4. The molecule has 0 aromatic heterocycles. The van der Waals surface area contributed by atoms with Crippen molar-refractivity contribution in [2.45, 2.75) is 45.2 Å². The molecule has 26 heavy (non-hydrogen) atoms. The van der Waals surface area contributed by atoms with Crippen molar-refractivity contribution in [1.29, 1.82) is 0 Å². The van der Waals surface area contributed by atoms with Crippen LogP contribution in [0, 0.1) is 12.3 Å². The number of benzene rings is 1. The standard InChI is InChI=1S/C19H26N4O3/c1-4-7-16(15-11-9-14(10-12-15)13-21-20)22-19(25)23-17(8-5-2)18(24)26-6-3/h2,9-13,16-17H,4,6-8,20H2,1,3H3,(H2,22,23,25). The molecule has 0 aliphatic rings. The molecule has 0 saturated heterocycles. The molecule has 1 aromatic carbocycles. The number of hydrogen-bond donors (Lipinski definition) is 3. The maximum atomic E-state index is 12.3. The van der Waals surface area contributed by atoms with Crippen molar-refractivity contribution in [1.82, 2.24) is 10.6 Å². The molecule has 0 bridgehead atoms. The summed E-state index contributed by atoms with van der Waals surface area (Å²) < 4.78 is 4.93. The largest absolute Gasteiger partial charge is 0.464 e. The molecular weight excluding hydrogens is 332 g/mol. The van der Waals surface area contributed by atoms with Crippen molar-refractivity contribution in [3.05, 3.63) is 35.4 Å². The minimum Gasteiger partial charge on any atom is -0.464 e. The van der Waals surface area contributed by atoms with Gasteiger partial charge in [-0.3, -0.25) is 0 Å². The minimum absolute atomic E-state index is 0.0673. The van der Waals surface area contributed by atoms with E-state index in [2.05, 4.69) is 21.7 Å². The van der Waals surface area contributed by atoms with Gasteiger partial charge in [0.25, 0.3) is 0 Å². The van der Waals surface area contributed by atoms with Gasteiger partial charge in [0.2, 0.25) is 0 Å². The van der Waals surface area contributed by atoms with Crippen LogP contribution in [-0.2, 0) is 9.53 Å². The number of hydrazone groups is 1. The zero-order valence-corrected chi connectivity index (χ0v) is 15.2. The second kappa shape index (κ2) is 11.5. The normalized spacial score (nSPS) is 12.8. The Morgan fingerprint density at radius 3 is 2.54 bits per heavy atom. The summed E-state index contributed by atoms with van der Waals surface area (Å²) in [7, 11) is 0. The fourth-order valence-electron chi connectivity index (χ4n) is 2.42. The van der Waals surface area contributed by atoms with Crippen molar-refractivity contribution >= 4 is 18.2 Å². The molecule has 140 valence electrons. The fraction of sp³-hybridized carbons (Fsp3) is 0.421. The van der Waals surface area contributed by atoms with Crippen molar-refractivity contribution in [2.75, 3.05) is 6.61 Å². The summed E-state index contributed by atoms with van der Waals surface area (Å²) in [6, 6.07) is 6.01. The van der Waals surface area contributed by atoms with Crippen LogP contribution in [0.5, 0.6) is 0 Å². The first-order valence-electron chi connectivity index (χ1n) is 8.56. The van der Waals surface area contributed by atoms with E-state index < -0.39 is 18.0 Å². The van der Waals surface area contributed by atoms with Crippen LogP contribution in [0.4, 0.5) is 4.79 Å². The van der Waals surface area contributed by atoms with E-state index in [4.69, 9.17) is 17.0 Å². The average molecular weight is 358 g/mol. The first kappa shape index (κ1) is 21.0. The van der Waals surface area contributed by atoms with Crippen LogP contribution < -0.4 is 16.5 Å². The SMILES string of the molecule is C#CCC(NC(=O)NC(CCC)c1ccc(C=NN)cc1)C(=O)OCC. The Morgan fingerprint density at radius 2 is 2.00 bits per heavy atom. The van der Waals surface area contributed by atoms with Crippen LogP contribution in [0.15, 0.2) is 29.4 Å². The first-order valence-corrected chi connectivity index (χ1v) is 8.56. The number of carbonyl (C=O) groups is 2. The molecule has 7 heteroatoms. The predicted molar refractivity (Wildman–Crippen MR) is 101 cm³/mol. The summed E-state index contributed by atoms with van der Waals surface area (Å²) in [5, 5.41) is 8.96. The number of amides is 2. The van der Waals surface area contributed by atoms with Crippen LogP contribution >= 0.6 is 0 Å². The highest BCUT2D eigenvalue weighted by molar-refractivity contribution is 5.84. The Labute approximate surface area is 154 Å². The first-order chi connectivity index (χ1) is 12.5. The number of urea groups is 1. The molecule has 1 rings (SSSR count). The lowest BCUT2D eigenvalue weighted by atomic mass is 10.0. The lowest BCUT2D eigenvalue weighted by Gasteiger charge is -2.21. The lowest BCUT2D eigenvalue weighted by Crippen LogP contribution is -2.47. The number of ether oxygens (including phenoxy) is 1. The van der Waals surface area contributed by atoms with Gasteiger partial charge in [-0.1, -0.05) is 37.6 Å². The smallest absolute Gasteiger partial charge is 0.329 e. The average Bonchev–Trinajstić information content (AvgIpc) is 2.62. The second-order valence-electron chi connectivity index (χ2n) is 5.62. The van der Waals surface area contributed by atoms with Crippen molar-refractivity contribution < 1.29 is 14.3 Å². The van der Waals surface area contributed by atoms with Gasteiger partial charge in [0, 0.05) is 6.42 Å². The molecule has 2 amide bonds. The van der Waals surface area contributed by atoms with E-state index in [-0.39, 0.29) is 19.1 Å². The third kappa shape index (κ3) is 6.85. The highest BCUT2D eigenvalue weighted by Crippen LogP contribution is 2.19. The van der Waals surface area contributed by atoms with Gasteiger partial charge in [-0.25, -0.2) is 9.59 Å². The van der Waals surface area contributed by atoms with Crippen LogP contribution in [0.3, 0.4) is 0 Å². The van der Waals surface area contributed by atoms with Crippen LogP contribution in [0.2, 0.25) is 0 Å². The minimum atomic E-state index is -0.870. The van der Waals surface area contributed by atoms with E-state index in [0.717, 1.165) is 24.0 Å². The molecule has 0 saturated carbocycles.